The highest BCUT2D eigenvalue weighted by atomic mass is 19.4. The van der Waals surface area contributed by atoms with Crippen LogP contribution in [0, 0.1) is 0 Å². The predicted octanol–water partition coefficient (Wildman–Crippen LogP) is 2.01. The van der Waals surface area contributed by atoms with Crippen molar-refractivity contribution in [2.24, 2.45) is 0 Å². The number of aromatic nitrogens is 4. The van der Waals surface area contributed by atoms with Gasteiger partial charge < -0.3 is 4.90 Å². The lowest BCUT2D eigenvalue weighted by molar-refractivity contribution is -0.137. The Morgan fingerprint density at radius 3 is 2.59 bits per heavy atom. The molecule has 0 saturated carbocycles. The minimum Gasteiger partial charge on any atom is -0.347 e. The van der Waals surface area contributed by atoms with E-state index >= 15 is 0 Å². The smallest absolute Gasteiger partial charge is 0.347 e. The molecule has 0 aliphatic rings. The Kier molecular flexibility index (Phi) is 4.16. The van der Waals surface area contributed by atoms with Crippen LogP contribution in [0.5, 0.6) is 0 Å². The van der Waals surface area contributed by atoms with E-state index in [1.807, 2.05) is 0 Å². The minimum atomic E-state index is -4.44. The maximum atomic E-state index is 12.7. The molecule has 0 radical (unpaired) electrons. The van der Waals surface area contributed by atoms with Gasteiger partial charge in [0.15, 0.2) is 0 Å². The molecule has 0 bridgehead atoms. The normalized spacial score (nSPS) is 13.0. The van der Waals surface area contributed by atoms with Crippen molar-refractivity contribution >= 4 is 5.91 Å². The lowest BCUT2D eigenvalue weighted by Gasteiger charge is -2.15. The summed E-state index contributed by atoms with van der Waals surface area (Å²) < 4.78 is 38.1. The number of hydrogen-bond acceptors (Lipinski definition) is 4. The molecule has 22 heavy (non-hydrogen) atoms. The van der Waals surface area contributed by atoms with E-state index in [0.717, 1.165) is 16.9 Å². The standard InChI is InChI=1S/C13H14F3N5O/c1-8(12(22)20(2)3)21-18-11(17-19-21)9-5-4-6-10(7-9)13(14,15)16/h4-8H,1-3H3. The summed E-state index contributed by atoms with van der Waals surface area (Å²) in [6.45, 7) is 1.58. The Morgan fingerprint density at radius 1 is 1.32 bits per heavy atom. The van der Waals surface area contributed by atoms with Crippen molar-refractivity contribution in [1.29, 1.82) is 0 Å². The summed E-state index contributed by atoms with van der Waals surface area (Å²) in [5.74, 6) is -0.211. The predicted molar refractivity (Wildman–Crippen MR) is 71.7 cm³/mol. The molecule has 1 unspecified atom stereocenters. The monoisotopic (exact) mass is 313 g/mol. The van der Waals surface area contributed by atoms with Gasteiger partial charge in [0.25, 0.3) is 0 Å². The van der Waals surface area contributed by atoms with Gasteiger partial charge in [-0.2, -0.15) is 18.0 Å². The van der Waals surface area contributed by atoms with Gasteiger partial charge in [0.2, 0.25) is 11.7 Å². The average molecular weight is 313 g/mol. The Balaban J connectivity index is 2.31. The molecule has 1 heterocycles. The molecule has 6 nitrogen and oxygen atoms in total. The fraction of sp³-hybridized carbons (Fsp3) is 0.385. The van der Waals surface area contributed by atoms with E-state index in [4.69, 9.17) is 0 Å². The molecule has 0 fully saturated rings. The lowest BCUT2D eigenvalue weighted by atomic mass is 10.1. The molecule has 1 amide bonds. The van der Waals surface area contributed by atoms with Crippen molar-refractivity contribution in [3.05, 3.63) is 29.8 Å². The number of rotatable bonds is 3. The van der Waals surface area contributed by atoms with Gasteiger partial charge in [-0.15, -0.1) is 10.2 Å². The van der Waals surface area contributed by atoms with E-state index in [2.05, 4.69) is 15.4 Å². The molecule has 0 spiro atoms. The third-order valence-electron chi connectivity index (χ3n) is 3.02. The molecule has 0 N–H and O–H groups in total. The zero-order valence-electron chi connectivity index (χ0n) is 12.2. The third-order valence-corrected chi connectivity index (χ3v) is 3.02. The highest BCUT2D eigenvalue weighted by molar-refractivity contribution is 5.79. The molecule has 1 atom stereocenters. The van der Waals surface area contributed by atoms with Gasteiger partial charge >= 0.3 is 6.18 Å². The van der Waals surface area contributed by atoms with Crippen molar-refractivity contribution in [1.82, 2.24) is 25.1 Å². The second-order valence-corrected chi connectivity index (χ2v) is 4.92. The first-order valence-corrected chi connectivity index (χ1v) is 6.38. The Hall–Kier alpha value is -2.45. The first-order valence-electron chi connectivity index (χ1n) is 6.38. The summed E-state index contributed by atoms with van der Waals surface area (Å²) in [7, 11) is 3.17. The maximum Gasteiger partial charge on any atom is 0.416 e. The highest BCUT2D eigenvalue weighted by Gasteiger charge is 2.31. The molecule has 0 aliphatic heterocycles. The molecule has 2 rings (SSSR count). The summed E-state index contributed by atoms with van der Waals surface area (Å²) in [5, 5.41) is 11.4. The van der Waals surface area contributed by atoms with Gasteiger partial charge in [-0.1, -0.05) is 12.1 Å². The van der Waals surface area contributed by atoms with Crippen LogP contribution in [0.15, 0.2) is 24.3 Å². The zero-order chi connectivity index (χ0) is 16.5. The van der Waals surface area contributed by atoms with E-state index in [0.29, 0.717) is 0 Å². The van der Waals surface area contributed by atoms with Crippen LogP contribution >= 0.6 is 0 Å². The summed E-state index contributed by atoms with van der Waals surface area (Å²) in [5.41, 5.74) is -0.607. The number of alkyl halides is 3. The van der Waals surface area contributed by atoms with Gasteiger partial charge in [0, 0.05) is 19.7 Å². The molecule has 1 aromatic carbocycles. The van der Waals surface area contributed by atoms with Crippen LogP contribution < -0.4 is 0 Å². The van der Waals surface area contributed by atoms with Crippen LogP contribution in [0.25, 0.3) is 11.4 Å². The van der Waals surface area contributed by atoms with Crippen LogP contribution in [0.3, 0.4) is 0 Å². The number of likely N-dealkylation sites (N-methyl/N-ethyl adjacent to an activating group) is 1. The molecule has 0 aliphatic carbocycles. The van der Waals surface area contributed by atoms with Gasteiger partial charge in [-0.05, 0) is 24.3 Å². The van der Waals surface area contributed by atoms with E-state index in [1.165, 1.54) is 17.0 Å². The first kappa shape index (κ1) is 15.9. The Bertz CT molecular complexity index is 680. The van der Waals surface area contributed by atoms with Crippen LogP contribution in [0.4, 0.5) is 13.2 Å². The third kappa shape index (κ3) is 3.23. The van der Waals surface area contributed by atoms with Crippen molar-refractivity contribution in [2.75, 3.05) is 14.1 Å². The first-order chi connectivity index (χ1) is 10.2. The average Bonchev–Trinajstić information content (AvgIpc) is 2.94. The van der Waals surface area contributed by atoms with Crippen molar-refractivity contribution in [3.8, 4) is 11.4 Å². The molecular weight excluding hydrogens is 299 g/mol. The number of carbonyl (C=O) groups is 1. The molecule has 118 valence electrons. The van der Waals surface area contributed by atoms with E-state index in [9.17, 15) is 18.0 Å². The van der Waals surface area contributed by atoms with Crippen LogP contribution in [-0.4, -0.2) is 45.1 Å². The topological polar surface area (TPSA) is 63.9 Å². The largest absolute Gasteiger partial charge is 0.416 e. The molecular formula is C13H14F3N5O. The Morgan fingerprint density at radius 2 is 2.00 bits per heavy atom. The van der Waals surface area contributed by atoms with E-state index in [1.54, 1.807) is 21.0 Å². The zero-order valence-corrected chi connectivity index (χ0v) is 12.2. The Labute approximate surface area is 124 Å². The van der Waals surface area contributed by atoms with Crippen molar-refractivity contribution in [2.45, 2.75) is 19.1 Å². The number of halogens is 3. The SMILES string of the molecule is CC(C(=O)N(C)C)n1nnc(-c2cccc(C(F)(F)F)c2)n1. The molecule has 9 heteroatoms. The van der Waals surface area contributed by atoms with E-state index in [-0.39, 0.29) is 17.3 Å². The van der Waals surface area contributed by atoms with Crippen LogP contribution in [0.1, 0.15) is 18.5 Å². The van der Waals surface area contributed by atoms with E-state index < -0.39 is 17.8 Å². The number of tetrazole rings is 1. The summed E-state index contributed by atoms with van der Waals surface area (Å²) in [6, 6.07) is 3.94. The number of carbonyl (C=O) groups excluding carboxylic acids is 1. The minimum absolute atomic E-state index is 0.0320. The van der Waals surface area contributed by atoms with Gasteiger partial charge in [0.1, 0.15) is 6.04 Å². The van der Waals surface area contributed by atoms with Gasteiger partial charge in [-0.25, -0.2) is 0 Å². The second kappa shape index (κ2) is 5.74. The number of benzene rings is 1. The molecule has 2 aromatic rings. The summed E-state index contributed by atoms with van der Waals surface area (Å²) >= 11 is 0. The second-order valence-electron chi connectivity index (χ2n) is 4.92. The number of nitrogens with zero attached hydrogens (tertiary/aromatic N) is 5. The number of amides is 1. The fourth-order valence-corrected chi connectivity index (χ4v) is 1.81. The fourth-order valence-electron chi connectivity index (χ4n) is 1.81. The van der Waals surface area contributed by atoms with Gasteiger partial charge in [-0.3, -0.25) is 4.79 Å². The van der Waals surface area contributed by atoms with Crippen LogP contribution in [-0.2, 0) is 11.0 Å². The van der Waals surface area contributed by atoms with Crippen LogP contribution in [0.2, 0.25) is 0 Å². The number of hydrogen-bond donors (Lipinski definition) is 0. The quantitative estimate of drug-likeness (QED) is 0.869. The summed E-state index contributed by atoms with van der Waals surface area (Å²) in [4.78, 5) is 14.3. The maximum absolute atomic E-state index is 12.7. The highest BCUT2D eigenvalue weighted by Crippen LogP contribution is 2.31. The van der Waals surface area contributed by atoms with Crippen molar-refractivity contribution in [3.63, 3.8) is 0 Å². The molecule has 0 saturated heterocycles. The van der Waals surface area contributed by atoms with Gasteiger partial charge in [0.05, 0.1) is 5.56 Å². The van der Waals surface area contributed by atoms with Crippen molar-refractivity contribution < 1.29 is 18.0 Å². The lowest BCUT2D eigenvalue weighted by Crippen LogP contribution is -2.31. The molecule has 1 aromatic heterocycles. The summed E-state index contributed by atoms with van der Waals surface area (Å²) in [6.07, 6.45) is -4.44.